The molecular weight excluding hydrogens is 267 g/mol. The van der Waals surface area contributed by atoms with E-state index in [0.717, 1.165) is 25.7 Å². The average Bonchev–Trinajstić information content (AvgIpc) is 2.46. The maximum atomic E-state index is 14.2. The number of ketones is 1. The van der Waals surface area contributed by atoms with E-state index in [9.17, 15) is 9.18 Å². The number of carbonyl (C=O) groups excluding carboxylic acids is 1. The van der Waals surface area contributed by atoms with Crippen LogP contribution in [0.5, 0.6) is 5.75 Å². The smallest absolute Gasteiger partial charge is 0.168 e. The fourth-order valence-corrected chi connectivity index (χ4v) is 2.15. The highest BCUT2D eigenvalue weighted by Crippen LogP contribution is 2.22. The molecule has 1 rings (SSSR count). The lowest BCUT2D eigenvalue weighted by Crippen LogP contribution is -2.06. The number of carbonyl (C=O) groups is 1. The molecule has 0 atom stereocenters. The van der Waals surface area contributed by atoms with E-state index in [1.165, 1.54) is 0 Å². The zero-order valence-electron chi connectivity index (χ0n) is 13.5. The highest BCUT2D eigenvalue weighted by Gasteiger charge is 2.09. The molecule has 0 aliphatic carbocycles. The molecule has 0 unspecified atom stereocenters. The van der Waals surface area contributed by atoms with E-state index < -0.39 is 0 Å². The Morgan fingerprint density at radius 3 is 2.67 bits per heavy atom. The van der Waals surface area contributed by atoms with E-state index in [-0.39, 0.29) is 11.7 Å². The molecule has 0 heterocycles. The number of Topliss-reactive ketones (excluding diaryl/α,β-unsaturated/α-hetero) is 1. The first-order valence-electron chi connectivity index (χ1n) is 7.99. The molecule has 2 nitrogen and oxygen atoms in total. The summed E-state index contributed by atoms with van der Waals surface area (Å²) in [6.45, 7) is 6.40. The van der Waals surface area contributed by atoms with Gasteiger partial charge in [0.15, 0.2) is 11.6 Å². The molecule has 0 saturated carbocycles. The van der Waals surface area contributed by atoms with Crippen molar-refractivity contribution >= 4 is 5.78 Å². The molecule has 0 amide bonds. The van der Waals surface area contributed by atoms with Gasteiger partial charge in [0, 0.05) is 12.3 Å². The highest BCUT2D eigenvalue weighted by atomic mass is 19.1. The second kappa shape index (κ2) is 9.54. The van der Waals surface area contributed by atoms with Gasteiger partial charge in [0.2, 0.25) is 0 Å². The monoisotopic (exact) mass is 294 g/mol. The number of hydrogen-bond donors (Lipinski definition) is 0. The molecule has 0 N–H and O–H groups in total. The molecule has 0 saturated heterocycles. The maximum Gasteiger partial charge on any atom is 0.168 e. The highest BCUT2D eigenvalue weighted by molar-refractivity contribution is 5.80. The van der Waals surface area contributed by atoms with Crippen LogP contribution in [0.15, 0.2) is 18.2 Å². The van der Waals surface area contributed by atoms with Crippen molar-refractivity contribution in [3.8, 4) is 5.75 Å². The van der Waals surface area contributed by atoms with Crippen molar-refractivity contribution < 1.29 is 13.9 Å². The summed E-state index contributed by atoms with van der Waals surface area (Å²) < 4.78 is 19.6. The molecule has 0 aliphatic rings. The van der Waals surface area contributed by atoms with E-state index in [4.69, 9.17) is 4.74 Å². The SMILES string of the molecule is CCCOc1cccc(CCCCCC(=O)C(C)C)c1F. The Hall–Kier alpha value is -1.38. The van der Waals surface area contributed by atoms with Gasteiger partial charge in [-0.05, 0) is 37.3 Å². The molecule has 118 valence electrons. The summed E-state index contributed by atoms with van der Waals surface area (Å²) in [6, 6.07) is 5.33. The van der Waals surface area contributed by atoms with E-state index in [1.54, 1.807) is 6.07 Å². The summed E-state index contributed by atoms with van der Waals surface area (Å²) in [6.07, 6.45) is 4.96. The third-order valence-electron chi connectivity index (χ3n) is 3.52. The molecular formula is C18H27FO2. The molecule has 0 spiro atoms. The molecule has 0 aromatic heterocycles. The van der Waals surface area contributed by atoms with Crippen LogP contribution in [0, 0.1) is 11.7 Å². The van der Waals surface area contributed by atoms with E-state index in [2.05, 4.69) is 0 Å². The number of aryl methyl sites for hydroxylation is 1. The minimum Gasteiger partial charge on any atom is -0.491 e. The molecule has 21 heavy (non-hydrogen) atoms. The molecule has 0 bridgehead atoms. The summed E-state index contributed by atoms with van der Waals surface area (Å²) in [5, 5.41) is 0. The second-order valence-corrected chi connectivity index (χ2v) is 5.76. The summed E-state index contributed by atoms with van der Waals surface area (Å²) in [5.74, 6) is 0.555. The van der Waals surface area contributed by atoms with Crippen molar-refractivity contribution in [3.05, 3.63) is 29.6 Å². The van der Waals surface area contributed by atoms with Gasteiger partial charge in [-0.3, -0.25) is 4.79 Å². The average molecular weight is 294 g/mol. The van der Waals surface area contributed by atoms with Gasteiger partial charge < -0.3 is 4.74 Å². The van der Waals surface area contributed by atoms with Crippen molar-refractivity contribution in [2.45, 2.75) is 59.3 Å². The lowest BCUT2D eigenvalue weighted by Gasteiger charge is -2.09. The van der Waals surface area contributed by atoms with Gasteiger partial charge in [-0.1, -0.05) is 39.3 Å². The minimum absolute atomic E-state index is 0.120. The van der Waals surface area contributed by atoms with Gasteiger partial charge in [0.1, 0.15) is 5.78 Å². The number of ether oxygens (including phenoxy) is 1. The fraction of sp³-hybridized carbons (Fsp3) is 0.611. The van der Waals surface area contributed by atoms with Crippen molar-refractivity contribution in [3.63, 3.8) is 0 Å². The number of rotatable bonds is 10. The van der Waals surface area contributed by atoms with Crippen molar-refractivity contribution in [2.24, 2.45) is 5.92 Å². The zero-order valence-corrected chi connectivity index (χ0v) is 13.5. The Kier molecular flexibility index (Phi) is 8.03. The zero-order chi connectivity index (χ0) is 15.7. The lowest BCUT2D eigenvalue weighted by molar-refractivity contribution is -0.122. The molecule has 3 heteroatoms. The predicted octanol–water partition coefficient (Wildman–Crippen LogP) is 4.94. The van der Waals surface area contributed by atoms with Crippen LogP contribution in [0.4, 0.5) is 4.39 Å². The Morgan fingerprint density at radius 2 is 2.00 bits per heavy atom. The first kappa shape index (κ1) is 17.7. The second-order valence-electron chi connectivity index (χ2n) is 5.76. The first-order chi connectivity index (χ1) is 10.1. The maximum absolute atomic E-state index is 14.2. The third kappa shape index (κ3) is 6.28. The summed E-state index contributed by atoms with van der Waals surface area (Å²) in [7, 11) is 0. The van der Waals surface area contributed by atoms with Gasteiger partial charge in [0.05, 0.1) is 6.61 Å². The van der Waals surface area contributed by atoms with Crippen molar-refractivity contribution in [1.82, 2.24) is 0 Å². The third-order valence-corrected chi connectivity index (χ3v) is 3.52. The standard InChI is InChI=1S/C18H27FO2/c1-4-13-21-17-12-8-10-15(18(17)19)9-6-5-7-11-16(20)14(2)3/h8,10,12,14H,4-7,9,11,13H2,1-3H3. The molecule has 0 radical (unpaired) electrons. The molecule has 0 aliphatic heterocycles. The Bertz CT molecular complexity index is 441. The molecule has 1 aromatic rings. The van der Waals surface area contributed by atoms with Gasteiger partial charge in [-0.2, -0.15) is 0 Å². The number of benzene rings is 1. The largest absolute Gasteiger partial charge is 0.491 e. The Balaban J connectivity index is 2.36. The van der Waals surface area contributed by atoms with Gasteiger partial charge >= 0.3 is 0 Å². The minimum atomic E-state index is -0.232. The van der Waals surface area contributed by atoms with Crippen LogP contribution in [0.1, 0.15) is 58.4 Å². The van der Waals surface area contributed by atoms with Crippen LogP contribution < -0.4 is 4.74 Å². The van der Waals surface area contributed by atoms with E-state index in [0.29, 0.717) is 36.5 Å². The van der Waals surface area contributed by atoms with Crippen LogP contribution in [-0.2, 0) is 11.2 Å². The summed E-state index contributed by atoms with van der Waals surface area (Å²) in [4.78, 5) is 11.5. The predicted molar refractivity (Wildman–Crippen MR) is 84.2 cm³/mol. The van der Waals surface area contributed by atoms with E-state index >= 15 is 0 Å². The van der Waals surface area contributed by atoms with Crippen LogP contribution in [0.3, 0.4) is 0 Å². The van der Waals surface area contributed by atoms with Crippen LogP contribution in [-0.4, -0.2) is 12.4 Å². The molecule has 0 fully saturated rings. The van der Waals surface area contributed by atoms with Gasteiger partial charge in [-0.15, -0.1) is 0 Å². The number of unbranched alkanes of at least 4 members (excludes halogenated alkanes) is 2. The molecule has 1 aromatic carbocycles. The Morgan fingerprint density at radius 1 is 1.24 bits per heavy atom. The quantitative estimate of drug-likeness (QED) is 0.571. The first-order valence-corrected chi connectivity index (χ1v) is 7.99. The van der Waals surface area contributed by atoms with E-state index in [1.807, 2.05) is 32.9 Å². The van der Waals surface area contributed by atoms with Crippen LogP contribution in [0.2, 0.25) is 0 Å². The van der Waals surface area contributed by atoms with Crippen LogP contribution in [0.25, 0.3) is 0 Å². The van der Waals surface area contributed by atoms with Gasteiger partial charge in [-0.25, -0.2) is 4.39 Å². The van der Waals surface area contributed by atoms with Gasteiger partial charge in [0.25, 0.3) is 0 Å². The number of hydrogen-bond acceptors (Lipinski definition) is 2. The Labute approximate surface area is 127 Å². The summed E-state index contributed by atoms with van der Waals surface area (Å²) >= 11 is 0. The normalized spacial score (nSPS) is 10.9. The number of halogens is 1. The summed E-state index contributed by atoms with van der Waals surface area (Å²) in [5.41, 5.74) is 0.707. The van der Waals surface area contributed by atoms with Crippen LogP contribution >= 0.6 is 0 Å². The van der Waals surface area contributed by atoms with Crippen molar-refractivity contribution in [1.29, 1.82) is 0 Å². The lowest BCUT2D eigenvalue weighted by atomic mass is 10.0. The van der Waals surface area contributed by atoms with Crippen molar-refractivity contribution in [2.75, 3.05) is 6.61 Å². The fourth-order valence-electron chi connectivity index (χ4n) is 2.15. The topological polar surface area (TPSA) is 26.3 Å².